The number of nitrogens with zero attached hydrogens (tertiary/aromatic N) is 1. The Kier molecular flexibility index (Phi) is 3.95. The lowest BCUT2D eigenvalue weighted by Gasteiger charge is -2.27. The van der Waals surface area contributed by atoms with Gasteiger partial charge in [-0.1, -0.05) is 72.8 Å². The van der Waals surface area contributed by atoms with Crippen LogP contribution in [0.2, 0.25) is 0 Å². The van der Waals surface area contributed by atoms with Crippen LogP contribution < -0.4 is 0 Å². The summed E-state index contributed by atoms with van der Waals surface area (Å²) in [5.41, 5.74) is 4.35. The highest BCUT2D eigenvalue weighted by atomic mass is 16.2. The predicted molar refractivity (Wildman–Crippen MR) is 104 cm³/mol. The molecule has 0 atom stereocenters. The fourth-order valence-electron chi connectivity index (χ4n) is 3.29. The van der Waals surface area contributed by atoms with Gasteiger partial charge in [-0.3, -0.25) is 4.79 Å². The maximum Gasteiger partial charge on any atom is 0.224 e. The summed E-state index contributed by atoms with van der Waals surface area (Å²) in [4.78, 5) is 14.0. The van der Waals surface area contributed by atoms with Gasteiger partial charge < -0.3 is 4.90 Å². The Labute approximate surface area is 147 Å². The molecule has 0 aliphatic carbocycles. The Morgan fingerprint density at radius 2 is 1.56 bits per heavy atom. The van der Waals surface area contributed by atoms with E-state index in [0.717, 1.165) is 16.8 Å². The van der Waals surface area contributed by atoms with Gasteiger partial charge in [-0.25, -0.2) is 0 Å². The van der Waals surface area contributed by atoms with E-state index in [9.17, 15) is 4.79 Å². The molecule has 1 heterocycles. The average Bonchev–Trinajstić information content (AvgIpc) is 2.67. The van der Waals surface area contributed by atoms with E-state index in [4.69, 9.17) is 0 Å². The van der Waals surface area contributed by atoms with Crippen molar-refractivity contribution in [2.75, 3.05) is 6.54 Å². The largest absolute Gasteiger partial charge is 0.308 e. The van der Waals surface area contributed by atoms with Crippen molar-refractivity contribution in [1.29, 1.82) is 0 Å². The molecule has 25 heavy (non-hydrogen) atoms. The quantitative estimate of drug-likeness (QED) is 0.640. The van der Waals surface area contributed by atoms with E-state index in [-0.39, 0.29) is 5.91 Å². The van der Waals surface area contributed by atoms with Crippen LogP contribution in [0.15, 0.2) is 84.9 Å². The zero-order chi connectivity index (χ0) is 17.2. The molecule has 122 valence electrons. The van der Waals surface area contributed by atoms with Crippen molar-refractivity contribution in [3.8, 4) is 0 Å². The molecule has 0 bridgehead atoms. The molecule has 0 saturated carbocycles. The van der Waals surface area contributed by atoms with Crippen molar-refractivity contribution >= 4 is 27.9 Å². The molecule has 1 aliphatic heterocycles. The second-order valence-corrected chi connectivity index (χ2v) is 6.25. The van der Waals surface area contributed by atoms with Gasteiger partial charge in [-0.05, 0) is 39.6 Å². The highest BCUT2D eigenvalue weighted by molar-refractivity contribution is 5.95. The molecule has 0 fully saturated rings. The minimum Gasteiger partial charge on any atom is -0.308 e. The minimum atomic E-state index is 0.0581. The number of hydrogen-bond acceptors (Lipinski definition) is 1. The summed E-state index contributed by atoms with van der Waals surface area (Å²) in [5.74, 6) is 0.0581. The number of hydrogen-bond donors (Lipinski definition) is 0. The molecule has 0 N–H and O–H groups in total. The lowest BCUT2D eigenvalue weighted by molar-refractivity contribution is -0.125. The Bertz CT molecular complexity index is 999. The monoisotopic (exact) mass is 325 g/mol. The summed E-state index contributed by atoms with van der Waals surface area (Å²) in [6.07, 6.45) is 4.23. The molecule has 3 aromatic carbocycles. The molecule has 1 aliphatic rings. The normalized spacial score (nSPS) is 14.2. The molecule has 0 radical (unpaired) electrons. The number of fused-ring (bicyclic) bond motifs is 1. The van der Waals surface area contributed by atoms with Crippen LogP contribution in [-0.2, 0) is 4.79 Å². The number of carbonyl (C=O) groups is 1. The van der Waals surface area contributed by atoms with Crippen molar-refractivity contribution in [1.82, 2.24) is 4.90 Å². The number of benzene rings is 3. The van der Waals surface area contributed by atoms with Crippen molar-refractivity contribution in [3.05, 3.63) is 96.1 Å². The van der Waals surface area contributed by atoms with Crippen LogP contribution in [0.1, 0.15) is 18.1 Å². The van der Waals surface area contributed by atoms with E-state index in [1.807, 2.05) is 35.2 Å². The zero-order valence-electron chi connectivity index (χ0n) is 14.1. The first kappa shape index (κ1) is 15.4. The van der Waals surface area contributed by atoms with Gasteiger partial charge in [0.25, 0.3) is 0 Å². The van der Waals surface area contributed by atoms with E-state index in [2.05, 4.69) is 54.6 Å². The summed E-state index contributed by atoms with van der Waals surface area (Å²) in [6.45, 7) is 2.22. The lowest BCUT2D eigenvalue weighted by atomic mass is 9.97. The zero-order valence-corrected chi connectivity index (χ0v) is 14.1. The first-order chi connectivity index (χ1) is 12.2. The topological polar surface area (TPSA) is 20.3 Å². The Hall–Kier alpha value is -3.13. The lowest BCUT2D eigenvalue weighted by Crippen LogP contribution is -2.29. The number of rotatable bonds is 2. The molecule has 2 heteroatoms. The molecular formula is C23H19NO. The van der Waals surface area contributed by atoms with Crippen LogP contribution in [0.5, 0.6) is 0 Å². The average molecular weight is 325 g/mol. The van der Waals surface area contributed by atoms with E-state index in [0.29, 0.717) is 6.54 Å². The summed E-state index contributed by atoms with van der Waals surface area (Å²) < 4.78 is 0. The van der Waals surface area contributed by atoms with Crippen LogP contribution in [0.25, 0.3) is 22.0 Å². The van der Waals surface area contributed by atoms with E-state index >= 15 is 0 Å². The molecule has 0 saturated heterocycles. The van der Waals surface area contributed by atoms with Gasteiger partial charge in [0, 0.05) is 13.5 Å². The smallest absolute Gasteiger partial charge is 0.224 e. The standard InChI is InChI=1S/C23H19NO/c1-17(25)24-14-13-21(18-7-3-2-4-8-18)16-23(24)22-12-11-19-9-5-6-10-20(19)15-22/h2-13,15-16H,14H2,1H3. The Morgan fingerprint density at radius 1 is 0.840 bits per heavy atom. The summed E-state index contributed by atoms with van der Waals surface area (Å²) in [7, 11) is 0. The van der Waals surface area contributed by atoms with Gasteiger partial charge in [0.1, 0.15) is 0 Å². The highest BCUT2D eigenvalue weighted by Gasteiger charge is 2.20. The molecule has 3 aromatic rings. The van der Waals surface area contributed by atoms with E-state index in [1.165, 1.54) is 16.3 Å². The first-order valence-electron chi connectivity index (χ1n) is 8.47. The summed E-state index contributed by atoms with van der Waals surface area (Å²) >= 11 is 0. The maximum atomic E-state index is 12.1. The van der Waals surface area contributed by atoms with Gasteiger partial charge in [0.2, 0.25) is 5.91 Å². The third-order valence-corrected chi connectivity index (χ3v) is 4.61. The molecule has 0 unspecified atom stereocenters. The second kappa shape index (κ2) is 6.40. The molecule has 4 rings (SSSR count). The number of allylic oxidation sites excluding steroid dienone is 2. The van der Waals surface area contributed by atoms with Crippen molar-refractivity contribution in [3.63, 3.8) is 0 Å². The van der Waals surface area contributed by atoms with Gasteiger partial charge in [-0.2, -0.15) is 0 Å². The Morgan fingerprint density at radius 3 is 2.32 bits per heavy atom. The molecule has 0 aromatic heterocycles. The van der Waals surface area contributed by atoms with Gasteiger partial charge >= 0.3 is 0 Å². The van der Waals surface area contributed by atoms with Crippen molar-refractivity contribution < 1.29 is 4.79 Å². The van der Waals surface area contributed by atoms with Gasteiger partial charge in [-0.15, -0.1) is 0 Å². The van der Waals surface area contributed by atoms with Crippen LogP contribution in [0.3, 0.4) is 0 Å². The fourth-order valence-corrected chi connectivity index (χ4v) is 3.29. The van der Waals surface area contributed by atoms with Crippen LogP contribution in [-0.4, -0.2) is 17.4 Å². The van der Waals surface area contributed by atoms with E-state index in [1.54, 1.807) is 6.92 Å². The minimum absolute atomic E-state index is 0.0581. The van der Waals surface area contributed by atoms with Gasteiger partial charge in [0.15, 0.2) is 0 Å². The Balaban J connectivity index is 1.82. The number of amides is 1. The molecule has 0 spiro atoms. The fraction of sp³-hybridized carbons (Fsp3) is 0.0870. The highest BCUT2D eigenvalue weighted by Crippen LogP contribution is 2.31. The SMILES string of the molecule is CC(=O)N1CC=C(c2ccccc2)C=C1c1ccc2ccccc2c1. The molecular weight excluding hydrogens is 306 g/mol. The third kappa shape index (κ3) is 2.99. The second-order valence-electron chi connectivity index (χ2n) is 6.25. The summed E-state index contributed by atoms with van der Waals surface area (Å²) in [5, 5.41) is 2.39. The molecule has 1 amide bonds. The molecule has 2 nitrogen and oxygen atoms in total. The van der Waals surface area contributed by atoms with Crippen LogP contribution in [0.4, 0.5) is 0 Å². The first-order valence-corrected chi connectivity index (χ1v) is 8.47. The third-order valence-electron chi connectivity index (χ3n) is 4.61. The van der Waals surface area contributed by atoms with Crippen LogP contribution >= 0.6 is 0 Å². The van der Waals surface area contributed by atoms with Crippen molar-refractivity contribution in [2.45, 2.75) is 6.92 Å². The van der Waals surface area contributed by atoms with Crippen LogP contribution in [0, 0.1) is 0 Å². The van der Waals surface area contributed by atoms with Crippen molar-refractivity contribution in [2.24, 2.45) is 0 Å². The predicted octanol–water partition coefficient (Wildman–Crippen LogP) is 5.13. The summed E-state index contributed by atoms with van der Waals surface area (Å²) in [6, 6.07) is 25.0. The van der Waals surface area contributed by atoms with E-state index < -0.39 is 0 Å². The number of carbonyl (C=O) groups excluding carboxylic acids is 1. The maximum absolute atomic E-state index is 12.1. The van der Waals surface area contributed by atoms with Gasteiger partial charge in [0.05, 0.1) is 5.70 Å².